The molecule has 5 nitrogen and oxygen atoms in total. The number of hydrogen-bond acceptors (Lipinski definition) is 3. The van der Waals surface area contributed by atoms with Crippen LogP contribution in [0.1, 0.15) is 29.6 Å². The number of nitrogens with zero attached hydrogens (tertiary/aromatic N) is 1. The number of carboxylic acid groups (broad SMARTS) is 1. The molecule has 1 fully saturated rings. The highest BCUT2D eigenvalue weighted by Gasteiger charge is 2.25. The van der Waals surface area contributed by atoms with E-state index in [1.807, 2.05) is 12.1 Å². The number of halogens is 1. The van der Waals surface area contributed by atoms with Crippen molar-refractivity contribution >= 4 is 33.5 Å². The van der Waals surface area contributed by atoms with Gasteiger partial charge in [0.1, 0.15) is 0 Å². The van der Waals surface area contributed by atoms with Crippen molar-refractivity contribution in [2.45, 2.75) is 19.3 Å². The maximum absolute atomic E-state index is 11.6. The molecule has 3 N–H and O–H groups in total. The number of carbonyl (C=O) groups is 2. The van der Waals surface area contributed by atoms with Gasteiger partial charge < -0.3 is 15.7 Å². The van der Waals surface area contributed by atoms with Crippen molar-refractivity contribution in [1.29, 1.82) is 0 Å². The van der Waals surface area contributed by atoms with Crippen LogP contribution in [0.2, 0.25) is 0 Å². The average molecular weight is 341 g/mol. The smallest absolute Gasteiger partial charge is 0.303 e. The molecule has 1 unspecified atom stereocenters. The molecule has 20 heavy (non-hydrogen) atoms. The van der Waals surface area contributed by atoms with Gasteiger partial charge in [-0.2, -0.15) is 0 Å². The number of piperidine rings is 1. The third kappa shape index (κ3) is 3.30. The fourth-order valence-corrected chi connectivity index (χ4v) is 3.27. The lowest BCUT2D eigenvalue weighted by atomic mass is 9.94. The number of carbonyl (C=O) groups excluding carboxylic acids is 1. The van der Waals surface area contributed by atoms with Crippen LogP contribution >= 0.6 is 15.9 Å². The molecule has 0 aromatic heterocycles. The first-order valence-corrected chi connectivity index (χ1v) is 7.33. The molecule has 0 saturated carbocycles. The molecule has 1 aliphatic rings. The van der Waals surface area contributed by atoms with E-state index in [9.17, 15) is 9.59 Å². The standard InChI is InChI=1S/C14H17BrN2O3/c15-10-4-1-5-11(13(10)14(16)20)17-6-2-3-9(8-17)7-12(18)19/h1,4-5,9H,2-3,6-8H2,(H2,16,20)(H,18,19). The molecular formula is C14H17BrN2O3. The minimum absolute atomic E-state index is 0.112. The van der Waals surface area contributed by atoms with Gasteiger partial charge in [-0.25, -0.2) is 0 Å². The summed E-state index contributed by atoms with van der Waals surface area (Å²) >= 11 is 3.35. The Hall–Kier alpha value is -1.56. The number of carboxylic acids is 1. The highest BCUT2D eigenvalue weighted by molar-refractivity contribution is 9.10. The largest absolute Gasteiger partial charge is 0.481 e. The molecule has 0 spiro atoms. The van der Waals surface area contributed by atoms with Gasteiger partial charge in [0.15, 0.2) is 0 Å². The summed E-state index contributed by atoms with van der Waals surface area (Å²) in [5.74, 6) is -1.14. The summed E-state index contributed by atoms with van der Waals surface area (Å²) in [5.41, 5.74) is 6.69. The summed E-state index contributed by atoms with van der Waals surface area (Å²) < 4.78 is 0.669. The molecular weight excluding hydrogens is 324 g/mol. The second-order valence-electron chi connectivity index (χ2n) is 5.05. The maximum atomic E-state index is 11.6. The van der Waals surface area contributed by atoms with Crippen LogP contribution in [0, 0.1) is 5.92 Å². The van der Waals surface area contributed by atoms with E-state index in [0.29, 0.717) is 16.6 Å². The first kappa shape index (κ1) is 14.8. The lowest BCUT2D eigenvalue weighted by molar-refractivity contribution is -0.138. The van der Waals surface area contributed by atoms with Crippen molar-refractivity contribution in [3.63, 3.8) is 0 Å². The maximum Gasteiger partial charge on any atom is 0.303 e. The van der Waals surface area contributed by atoms with E-state index in [1.165, 1.54) is 0 Å². The van der Waals surface area contributed by atoms with E-state index in [1.54, 1.807) is 6.07 Å². The molecule has 1 amide bonds. The Kier molecular flexibility index (Phi) is 4.65. The van der Waals surface area contributed by atoms with E-state index in [4.69, 9.17) is 10.8 Å². The second-order valence-corrected chi connectivity index (χ2v) is 5.90. The van der Waals surface area contributed by atoms with Crippen molar-refractivity contribution in [3.05, 3.63) is 28.2 Å². The predicted octanol–water partition coefficient (Wildman–Crippen LogP) is 2.24. The van der Waals surface area contributed by atoms with Crippen LogP contribution in [0.25, 0.3) is 0 Å². The Morgan fingerprint density at radius 1 is 1.45 bits per heavy atom. The van der Waals surface area contributed by atoms with Crippen LogP contribution in [-0.2, 0) is 4.79 Å². The second kappa shape index (κ2) is 6.26. The van der Waals surface area contributed by atoms with E-state index in [-0.39, 0.29) is 12.3 Å². The Bertz CT molecular complexity index is 533. The number of nitrogens with two attached hydrogens (primary N) is 1. The average Bonchev–Trinajstić information content (AvgIpc) is 2.37. The number of amides is 1. The van der Waals surface area contributed by atoms with Gasteiger partial charge in [0.2, 0.25) is 0 Å². The number of primary amides is 1. The summed E-state index contributed by atoms with van der Waals surface area (Å²) in [4.78, 5) is 24.5. The van der Waals surface area contributed by atoms with Crippen LogP contribution in [0.3, 0.4) is 0 Å². The normalized spacial score (nSPS) is 18.9. The molecule has 0 radical (unpaired) electrons. The predicted molar refractivity (Wildman–Crippen MR) is 79.8 cm³/mol. The summed E-state index contributed by atoms with van der Waals surface area (Å²) in [6, 6.07) is 5.49. The molecule has 108 valence electrons. The monoisotopic (exact) mass is 340 g/mol. The number of aliphatic carboxylic acids is 1. The highest BCUT2D eigenvalue weighted by Crippen LogP contribution is 2.31. The highest BCUT2D eigenvalue weighted by atomic mass is 79.9. The molecule has 0 bridgehead atoms. The number of rotatable bonds is 4. The number of anilines is 1. The molecule has 0 aliphatic carbocycles. The minimum Gasteiger partial charge on any atom is -0.481 e. The SMILES string of the molecule is NC(=O)c1c(Br)cccc1N1CCCC(CC(=O)O)C1. The van der Waals surface area contributed by atoms with E-state index < -0.39 is 11.9 Å². The molecule has 6 heteroatoms. The third-order valence-electron chi connectivity index (χ3n) is 3.56. The van der Waals surface area contributed by atoms with Gasteiger partial charge in [-0.3, -0.25) is 9.59 Å². The van der Waals surface area contributed by atoms with Crippen molar-refractivity contribution in [3.8, 4) is 0 Å². The Morgan fingerprint density at radius 3 is 2.85 bits per heavy atom. The summed E-state index contributed by atoms with van der Waals surface area (Å²) in [7, 11) is 0. The van der Waals surface area contributed by atoms with Gasteiger partial charge in [0, 0.05) is 24.0 Å². The minimum atomic E-state index is -0.777. The van der Waals surface area contributed by atoms with Gasteiger partial charge in [-0.1, -0.05) is 6.07 Å². The lowest BCUT2D eigenvalue weighted by Gasteiger charge is -2.34. The van der Waals surface area contributed by atoms with Crippen molar-refractivity contribution in [2.24, 2.45) is 11.7 Å². The van der Waals surface area contributed by atoms with Crippen molar-refractivity contribution in [2.75, 3.05) is 18.0 Å². The zero-order valence-corrected chi connectivity index (χ0v) is 12.6. The van der Waals surface area contributed by atoms with Gasteiger partial charge >= 0.3 is 5.97 Å². The molecule has 2 rings (SSSR count). The Morgan fingerprint density at radius 2 is 2.20 bits per heavy atom. The topological polar surface area (TPSA) is 83.6 Å². The van der Waals surface area contributed by atoms with Gasteiger partial charge in [-0.15, -0.1) is 0 Å². The van der Waals surface area contributed by atoms with E-state index in [0.717, 1.165) is 25.1 Å². The Balaban J connectivity index is 2.25. The first-order valence-electron chi connectivity index (χ1n) is 6.54. The Labute approximate surface area is 125 Å². The van der Waals surface area contributed by atoms with Crippen LogP contribution < -0.4 is 10.6 Å². The summed E-state index contributed by atoms with van der Waals surface area (Å²) in [6.07, 6.45) is 1.99. The fraction of sp³-hybridized carbons (Fsp3) is 0.429. The number of benzene rings is 1. The first-order chi connectivity index (χ1) is 9.49. The molecule has 1 aromatic rings. The fourth-order valence-electron chi connectivity index (χ4n) is 2.72. The lowest BCUT2D eigenvalue weighted by Crippen LogP contribution is -2.37. The van der Waals surface area contributed by atoms with E-state index in [2.05, 4.69) is 20.8 Å². The van der Waals surface area contributed by atoms with Gasteiger partial charge in [-0.05, 0) is 46.8 Å². The van der Waals surface area contributed by atoms with Crippen LogP contribution in [0.15, 0.2) is 22.7 Å². The quantitative estimate of drug-likeness (QED) is 0.880. The van der Waals surface area contributed by atoms with Crippen molar-refractivity contribution < 1.29 is 14.7 Å². The molecule has 1 heterocycles. The summed E-state index contributed by atoms with van der Waals surface area (Å²) in [6.45, 7) is 1.45. The number of hydrogen-bond donors (Lipinski definition) is 2. The third-order valence-corrected chi connectivity index (χ3v) is 4.22. The zero-order chi connectivity index (χ0) is 14.7. The molecule has 1 aromatic carbocycles. The molecule has 1 saturated heterocycles. The zero-order valence-electron chi connectivity index (χ0n) is 11.0. The van der Waals surface area contributed by atoms with Crippen LogP contribution in [0.5, 0.6) is 0 Å². The molecule has 1 atom stereocenters. The molecule has 1 aliphatic heterocycles. The van der Waals surface area contributed by atoms with E-state index >= 15 is 0 Å². The van der Waals surface area contributed by atoms with Gasteiger partial charge in [0.05, 0.1) is 11.3 Å². The van der Waals surface area contributed by atoms with Crippen molar-refractivity contribution in [1.82, 2.24) is 0 Å². The summed E-state index contributed by atoms with van der Waals surface area (Å²) in [5, 5.41) is 8.91. The van der Waals surface area contributed by atoms with Crippen LogP contribution in [0.4, 0.5) is 5.69 Å². The van der Waals surface area contributed by atoms with Gasteiger partial charge in [0.25, 0.3) is 5.91 Å². The van der Waals surface area contributed by atoms with Crippen LogP contribution in [-0.4, -0.2) is 30.1 Å².